The second kappa shape index (κ2) is 7.44. The van der Waals surface area contributed by atoms with E-state index in [1.54, 1.807) is 37.4 Å². The van der Waals surface area contributed by atoms with Gasteiger partial charge in [-0.1, -0.05) is 17.4 Å². The molecule has 0 aliphatic heterocycles. The van der Waals surface area contributed by atoms with Crippen LogP contribution in [-0.4, -0.2) is 23.0 Å². The topological polar surface area (TPSA) is 68.5 Å². The van der Waals surface area contributed by atoms with Gasteiger partial charge in [0.05, 0.1) is 29.4 Å². The molecule has 0 saturated carbocycles. The Balaban J connectivity index is 1.78. The van der Waals surface area contributed by atoms with Crippen molar-refractivity contribution in [2.45, 2.75) is 20.4 Å². The van der Waals surface area contributed by atoms with E-state index in [9.17, 15) is 4.79 Å². The maximum atomic E-state index is 13.4. The number of ether oxygens (including phenoxy) is 1. The van der Waals surface area contributed by atoms with Crippen molar-refractivity contribution in [3.05, 3.63) is 71.4 Å². The van der Waals surface area contributed by atoms with Crippen LogP contribution in [0, 0.1) is 13.8 Å². The van der Waals surface area contributed by atoms with E-state index in [1.807, 2.05) is 37.3 Å². The molecule has 28 heavy (non-hydrogen) atoms. The number of carbonyl (C=O) groups is 1. The Kier molecular flexibility index (Phi) is 4.83. The number of nitrogens with zero attached hydrogens (tertiary/aromatic N) is 3. The van der Waals surface area contributed by atoms with Crippen LogP contribution in [0.3, 0.4) is 0 Å². The molecular formula is C21H19N3O3S. The lowest BCUT2D eigenvalue weighted by Gasteiger charge is -2.19. The Bertz CT molecular complexity index is 1130. The first kappa shape index (κ1) is 18.2. The lowest BCUT2D eigenvalue weighted by atomic mass is 10.2. The summed E-state index contributed by atoms with van der Waals surface area (Å²) in [6, 6.07) is 11.3. The molecule has 0 radical (unpaired) electrons. The van der Waals surface area contributed by atoms with Gasteiger partial charge in [-0.15, -0.1) is 0 Å². The molecule has 7 heteroatoms. The fourth-order valence-corrected chi connectivity index (χ4v) is 4.02. The summed E-state index contributed by atoms with van der Waals surface area (Å²) in [5.41, 5.74) is 2.29. The molecule has 0 atom stereocenters. The number of methoxy groups -OCH3 is 1. The lowest BCUT2D eigenvalue weighted by Crippen LogP contribution is -2.30. The molecule has 0 unspecified atom stereocenters. The highest BCUT2D eigenvalue weighted by molar-refractivity contribution is 7.22. The first-order valence-electron chi connectivity index (χ1n) is 8.77. The molecule has 0 N–H and O–H groups in total. The van der Waals surface area contributed by atoms with Crippen LogP contribution in [0.15, 0.2) is 53.2 Å². The third-order valence-corrected chi connectivity index (χ3v) is 5.44. The summed E-state index contributed by atoms with van der Waals surface area (Å²) in [5.74, 6) is 1.91. The summed E-state index contributed by atoms with van der Waals surface area (Å²) in [6.45, 7) is 4.00. The van der Waals surface area contributed by atoms with Crippen molar-refractivity contribution in [1.29, 1.82) is 0 Å². The van der Waals surface area contributed by atoms with Gasteiger partial charge in [0, 0.05) is 12.4 Å². The Morgan fingerprint density at radius 2 is 2.11 bits per heavy atom. The maximum Gasteiger partial charge on any atom is 0.263 e. The highest BCUT2D eigenvalue weighted by Crippen LogP contribution is 2.33. The number of amides is 1. The van der Waals surface area contributed by atoms with Crippen LogP contribution in [0.5, 0.6) is 5.75 Å². The fraction of sp³-hybridized carbons (Fsp3) is 0.190. The first-order chi connectivity index (χ1) is 13.5. The number of benzene rings is 1. The molecule has 0 spiro atoms. The summed E-state index contributed by atoms with van der Waals surface area (Å²) in [5, 5.41) is 0.621. The molecular weight excluding hydrogens is 374 g/mol. The number of rotatable bonds is 5. The van der Waals surface area contributed by atoms with E-state index in [0.29, 0.717) is 28.8 Å². The maximum absolute atomic E-state index is 13.4. The van der Waals surface area contributed by atoms with Crippen molar-refractivity contribution in [3.63, 3.8) is 0 Å². The van der Waals surface area contributed by atoms with Crippen LogP contribution >= 0.6 is 11.3 Å². The van der Waals surface area contributed by atoms with Crippen LogP contribution in [0.2, 0.25) is 0 Å². The lowest BCUT2D eigenvalue weighted by molar-refractivity contribution is 0.0983. The average molecular weight is 393 g/mol. The summed E-state index contributed by atoms with van der Waals surface area (Å²) < 4.78 is 11.8. The Labute approximate surface area is 166 Å². The molecule has 0 aliphatic carbocycles. The fourth-order valence-electron chi connectivity index (χ4n) is 3.02. The third-order valence-electron chi connectivity index (χ3n) is 4.40. The van der Waals surface area contributed by atoms with Gasteiger partial charge in [-0.05, 0) is 49.7 Å². The Morgan fingerprint density at radius 1 is 1.25 bits per heavy atom. The average Bonchev–Trinajstić information content (AvgIpc) is 3.27. The summed E-state index contributed by atoms with van der Waals surface area (Å²) >= 11 is 1.45. The summed E-state index contributed by atoms with van der Waals surface area (Å²) in [4.78, 5) is 23.9. The number of aryl methyl sites for hydroxylation is 2. The van der Waals surface area contributed by atoms with Gasteiger partial charge < -0.3 is 9.15 Å². The van der Waals surface area contributed by atoms with E-state index in [4.69, 9.17) is 9.15 Å². The number of hydrogen-bond acceptors (Lipinski definition) is 6. The predicted molar refractivity (Wildman–Crippen MR) is 109 cm³/mol. The molecule has 0 aliphatic rings. The van der Waals surface area contributed by atoms with Crippen LogP contribution in [-0.2, 0) is 6.54 Å². The molecule has 6 nitrogen and oxygen atoms in total. The van der Waals surface area contributed by atoms with Gasteiger partial charge in [-0.2, -0.15) is 0 Å². The number of pyridine rings is 1. The van der Waals surface area contributed by atoms with Crippen molar-refractivity contribution < 1.29 is 13.9 Å². The SMILES string of the molecule is COc1ccc2nc(N(Cc3cccnc3)C(=O)c3cc(C)oc3C)sc2c1. The zero-order valence-electron chi connectivity index (χ0n) is 15.8. The van der Waals surface area contributed by atoms with Gasteiger partial charge in [-0.25, -0.2) is 4.98 Å². The highest BCUT2D eigenvalue weighted by atomic mass is 32.1. The molecule has 0 bridgehead atoms. The number of carbonyl (C=O) groups excluding carboxylic acids is 1. The second-order valence-corrected chi connectivity index (χ2v) is 7.42. The Hall–Kier alpha value is -3.19. The van der Waals surface area contributed by atoms with Gasteiger partial charge in [0.2, 0.25) is 0 Å². The molecule has 4 rings (SSSR count). The van der Waals surface area contributed by atoms with Crippen molar-refractivity contribution in [1.82, 2.24) is 9.97 Å². The quantitative estimate of drug-likeness (QED) is 0.489. The molecule has 1 amide bonds. The van der Waals surface area contributed by atoms with E-state index in [1.165, 1.54) is 11.3 Å². The first-order valence-corrected chi connectivity index (χ1v) is 9.59. The van der Waals surface area contributed by atoms with Crippen LogP contribution < -0.4 is 9.64 Å². The minimum Gasteiger partial charge on any atom is -0.497 e. The monoisotopic (exact) mass is 393 g/mol. The van der Waals surface area contributed by atoms with Crippen molar-refractivity contribution in [2.75, 3.05) is 12.0 Å². The van der Waals surface area contributed by atoms with Gasteiger partial charge in [0.25, 0.3) is 5.91 Å². The van der Waals surface area contributed by atoms with Crippen molar-refractivity contribution >= 4 is 32.6 Å². The van der Waals surface area contributed by atoms with Gasteiger partial charge in [-0.3, -0.25) is 14.7 Å². The molecule has 3 heterocycles. The Morgan fingerprint density at radius 3 is 2.79 bits per heavy atom. The van der Waals surface area contributed by atoms with Crippen LogP contribution in [0.25, 0.3) is 10.2 Å². The van der Waals surface area contributed by atoms with Crippen LogP contribution in [0.4, 0.5) is 5.13 Å². The van der Waals surface area contributed by atoms with E-state index < -0.39 is 0 Å². The van der Waals surface area contributed by atoms with E-state index in [2.05, 4.69) is 9.97 Å². The van der Waals surface area contributed by atoms with Gasteiger partial charge >= 0.3 is 0 Å². The number of furan rings is 1. The molecule has 4 aromatic rings. The molecule has 142 valence electrons. The smallest absolute Gasteiger partial charge is 0.263 e. The second-order valence-electron chi connectivity index (χ2n) is 6.41. The zero-order chi connectivity index (χ0) is 19.7. The number of anilines is 1. The molecule has 3 aromatic heterocycles. The van der Waals surface area contributed by atoms with Gasteiger partial charge in [0.15, 0.2) is 5.13 Å². The van der Waals surface area contributed by atoms with E-state index in [0.717, 1.165) is 21.5 Å². The predicted octanol–water partition coefficient (Wildman–Crippen LogP) is 4.76. The van der Waals surface area contributed by atoms with E-state index in [-0.39, 0.29) is 5.91 Å². The number of thiazole rings is 1. The minimum absolute atomic E-state index is 0.149. The van der Waals surface area contributed by atoms with Crippen molar-refractivity contribution in [2.24, 2.45) is 0 Å². The minimum atomic E-state index is -0.149. The van der Waals surface area contributed by atoms with Crippen LogP contribution in [0.1, 0.15) is 27.4 Å². The standard InChI is InChI=1S/C21H19N3O3S/c1-13-9-17(14(2)27-13)20(25)24(12-15-5-4-8-22-11-15)21-23-18-7-6-16(26-3)10-19(18)28-21/h4-11H,12H2,1-3H3. The van der Waals surface area contributed by atoms with E-state index >= 15 is 0 Å². The van der Waals surface area contributed by atoms with Crippen molar-refractivity contribution in [3.8, 4) is 5.75 Å². The zero-order valence-corrected chi connectivity index (χ0v) is 16.6. The number of fused-ring (bicyclic) bond motifs is 1. The molecule has 0 fully saturated rings. The largest absolute Gasteiger partial charge is 0.497 e. The normalized spacial score (nSPS) is 11.0. The summed E-state index contributed by atoms with van der Waals surface area (Å²) in [6.07, 6.45) is 3.47. The van der Waals surface area contributed by atoms with Gasteiger partial charge in [0.1, 0.15) is 17.3 Å². The highest BCUT2D eigenvalue weighted by Gasteiger charge is 2.25. The molecule has 1 aromatic carbocycles. The summed E-state index contributed by atoms with van der Waals surface area (Å²) in [7, 11) is 1.63. The molecule has 0 saturated heterocycles. The number of aromatic nitrogens is 2. The third kappa shape index (κ3) is 3.48. The number of hydrogen-bond donors (Lipinski definition) is 0.